The van der Waals surface area contributed by atoms with Crippen molar-refractivity contribution in [3.8, 4) is 0 Å². The van der Waals surface area contributed by atoms with Gasteiger partial charge in [0.25, 0.3) is 0 Å². The summed E-state index contributed by atoms with van der Waals surface area (Å²) in [5.41, 5.74) is 0.304. The van der Waals surface area contributed by atoms with E-state index in [4.69, 9.17) is 4.74 Å². The Morgan fingerprint density at radius 2 is 1.42 bits per heavy atom. The van der Waals surface area contributed by atoms with Crippen LogP contribution in [0.4, 0.5) is 13.2 Å². The zero-order chi connectivity index (χ0) is 15.3. The van der Waals surface area contributed by atoms with Crippen LogP contribution >= 0.6 is 0 Å². The third-order valence-corrected chi connectivity index (χ3v) is 2.10. The van der Waals surface area contributed by atoms with Gasteiger partial charge in [-0.1, -0.05) is 39.8 Å². The first-order chi connectivity index (χ1) is 9.04. The Bertz CT molecular complexity index is 291. The maximum absolute atomic E-state index is 12.2. The third kappa shape index (κ3) is 9.54. The second-order valence-electron chi connectivity index (χ2n) is 3.29. The van der Waals surface area contributed by atoms with Crippen LogP contribution in [0.5, 0.6) is 0 Å². The topological polar surface area (TPSA) is 9.23 Å². The summed E-state index contributed by atoms with van der Waals surface area (Å²) in [5.74, 6) is 0. The van der Waals surface area contributed by atoms with Gasteiger partial charge >= 0.3 is 6.18 Å². The molecule has 0 aromatic heterocycles. The zero-order valence-electron chi connectivity index (χ0n) is 12.5. The third-order valence-electron chi connectivity index (χ3n) is 2.10. The summed E-state index contributed by atoms with van der Waals surface area (Å²) in [6.45, 7) is 8.63. The number of benzene rings is 1. The van der Waals surface area contributed by atoms with Crippen LogP contribution in [0.2, 0.25) is 0 Å². The molecule has 0 N–H and O–H groups in total. The number of ether oxygens (including phenoxy) is 1. The average Bonchev–Trinajstić information content (AvgIpc) is 2.43. The Balaban J connectivity index is 0. The minimum atomic E-state index is -4.24. The van der Waals surface area contributed by atoms with E-state index in [2.05, 4.69) is 0 Å². The van der Waals surface area contributed by atoms with E-state index in [9.17, 15) is 13.2 Å². The number of hydrogen-bond acceptors (Lipinski definition) is 1. The predicted molar refractivity (Wildman–Crippen MR) is 74.3 cm³/mol. The molecule has 0 aliphatic rings. The minimum absolute atomic E-state index is 0.599. The van der Waals surface area contributed by atoms with Gasteiger partial charge in [0.05, 0.1) is 5.56 Å². The summed E-state index contributed by atoms with van der Waals surface area (Å²) in [6, 6.07) is 5.25. The Kier molecular flexibility index (Phi) is 12.8. The fourth-order valence-electron chi connectivity index (χ4n) is 1.28. The number of hydrogen-bond donors (Lipinski definition) is 0. The molecule has 0 bridgehead atoms. The van der Waals surface area contributed by atoms with Crippen molar-refractivity contribution in [3.63, 3.8) is 0 Å². The molecule has 1 aromatic rings. The lowest BCUT2D eigenvalue weighted by Gasteiger charge is -2.07. The lowest BCUT2D eigenvalue weighted by molar-refractivity contribution is -0.137. The molecule has 1 rings (SSSR count). The second kappa shape index (κ2) is 12.0. The van der Waals surface area contributed by atoms with E-state index in [0.29, 0.717) is 6.61 Å². The molecule has 0 heterocycles. The Morgan fingerprint density at radius 3 is 1.79 bits per heavy atom. The molecular formula is C15H25F3O. The van der Waals surface area contributed by atoms with Crippen molar-refractivity contribution in [2.75, 3.05) is 13.7 Å². The summed E-state index contributed by atoms with van der Waals surface area (Å²) >= 11 is 0. The van der Waals surface area contributed by atoms with Crippen molar-refractivity contribution < 1.29 is 17.9 Å². The summed E-state index contributed by atoms with van der Waals surface area (Å²) in [4.78, 5) is 0. The summed E-state index contributed by atoms with van der Waals surface area (Å²) in [7, 11) is 1.60. The molecule has 0 amide bonds. The number of methoxy groups -OCH3 is 1. The molecule has 19 heavy (non-hydrogen) atoms. The Morgan fingerprint density at radius 1 is 0.947 bits per heavy atom. The summed E-state index contributed by atoms with van der Waals surface area (Å²) in [5, 5.41) is 0. The van der Waals surface area contributed by atoms with Gasteiger partial charge in [0.15, 0.2) is 0 Å². The van der Waals surface area contributed by atoms with Crippen LogP contribution < -0.4 is 0 Å². The standard InChI is InChI=1S/C11H13F3O.2C2H6/c1-15-8-2-3-9-4-6-10(7-5-9)11(12,13)14;2*1-2/h4-7H,2-3,8H2,1H3;2*1-2H3. The van der Waals surface area contributed by atoms with Crippen molar-refractivity contribution in [1.29, 1.82) is 0 Å². The van der Waals surface area contributed by atoms with Gasteiger partial charge in [-0.15, -0.1) is 0 Å². The number of rotatable bonds is 4. The Labute approximate surface area is 114 Å². The molecule has 0 spiro atoms. The molecule has 0 aliphatic carbocycles. The van der Waals surface area contributed by atoms with Gasteiger partial charge in [-0.3, -0.25) is 0 Å². The van der Waals surface area contributed by atoms with E-state index >= 15 is 0 Å². The summed E-state index contributed by atoms with van der Waals surface area (Å²) < 4.78 is 41.5. The lowest BCUT2D eigenvalue weighted by atomic mass is 10.1. The largest absolute Gasteiger partial charge is 0.416 e. The van der Waals surface area contributed by atoms with E-state index < -0.39 is 11.7 Å². The van der Waals surface area contributed by atoms with E-state index in [1.165, 1.54) is 12.1 Å². The van der Waals surface area contributed by atoms with Crippen molar-refractivity contribution in [2.45, 2.75) is 46.7 Å². The first-order valence-corrected chi connectivity index (χ1v) is 6.69. The molecule has 0 unspecified atom stereocenters. The van der Waals surface area contributed by atoms with Gasteiger partial charge < -0.3 is 4.74 Å². The van der Waals surface area contributed by atoms with Gasteiger partial charge in [0.2, 0.25) is 0 Å². The van der Waals surface area contributed by atoms with Crippen LogP contribution in [0.25, 0.3) is 0 Å². The molecule has 0 atom stereocenters. The van der Waals surface area contributed by atoms with Crippen LogP contribution in [-0.4, -0.2) is 13.7 Å². The van der Waals surface area contributed by atoms with Crippen LogP contribution in [0.3, 0.4) is 0 Å². The van der Waals surface area contributed by atoms with E-state index in [0.717, 1.165) is 30.5 Å². The number of halogens is 3. The van der Waals surface area contributed by atoms with Crippen molar-refractivity contribution in [2.24, 2.45) is 0 Å². The first kappa shape index (κ1) is 20.3. The SMILES string of the molecule is CC.CC.COCCCc1ccc(C(F)(F)F)cc1. The van der Waals surface area contributed by atoms with E-state index in [1.54, 1.807) is 7.11 Å². The van der Waals surface area contributed by atoms with Crippen LogP contribution in [-0.2, 0) is 17.3 Å². The molecule has 0 radical (unpaired) electrons. The van der Waals surface area contributed by atoms with Gasteiger partial charge in [0.1, 0.15) is 0 Å². The monoisotopic (exact) mass is 278 g/mol. The number of aryl methyl sites for hydroxylation is 1. The van der Waals surface area contributed by atoms with Crippen molar-refractivity contribution in [3.05, 3.63) is 35.4 Å². The van der Waals surface area contributed by atoms with Gasteiger partial charge in [-0.25, -0.2) is 0 Å². The maximum Gasteiger partial charge on any atom is 0.416 e. The highest BCUT2D eigenvalue weighted by Gasteiger charge is 2.29. The van der Waals surface area contributed by atoms with Gasteiger partial charge in [0, 0.05) is 13.7 Å². The molecule has 0 saturated carbocycles. The first-order valence-electron chi connectivity index (χ1n) is 6.69. The highest BCUT2D eigenvalue weighted by molar-refractivity contribution is 5.24. The molecule has 0 aliphatic heterocycles. The lowest BCUT2D eigenvalue weighted by Crippen LogP contribution is -2.04. The zero-order valence-corrected chi connectivity index (χ0v) is 12.5. The van der Waals surface area contributed by atoms with Crippen LogP contribution in [0.1, 0.15) is 45.2 Å². The highest BCUT2D eigenvalue weighted by Crippen LogP contribution is 2.29. The molecular weight excluding hydrogens is 253 g/mol. The minimum Gasteiger partial charge on any atom is -0.385 e. The number of alkyl halides is 3. The normalized spacial score (nSPS) is 9.89. The molecule has 112 valence electrons. The fraction of sp³-hybridized carbons (Fsp3) is 0.600. The van der Waals surface area contributed by atoms with Gasteiger partial charge in [-0.05, 0) is 30.5 Å². The average molecular weight is 278 g/mol. The fourth-order valence-corrected chi connectivity index (χ4v) is 1.28. The summed E-state index contributed by atoms with van der Waals surface area (Å²) in [6.07, 6.45) is -2.68. The molecule has 0 saturated heterocycles. The van der Waals surface area contributed by atoms with Gasteiger partial charge in [-0.2, -0.15) is 13.2 Å². The second-order valence-corrected chi connectivity index (χ2v) is 3.29. The highest BCUT2D eigenvalue weighted by atomic mass is 19.4. The molecule has 1 aromatic carbocycles. The molecule has 0 fully saturated rings. The molecule has 4 heteroatoms. The maximum atomic E-state index is 12.2. The molecule has 1 nitrogen and oxygen atoms in total. The quantitative estimate of drug-likeness (QED) is 0.676. The smallest absolute Gasteiger partial charge is 0.385 e. The van der Waals surface area contributed by atoms with E-state index in [-0.39, 0.29) is 0 Å². The van der Waals surface area contributed by atoms with Crippen LogP contribution in [0.15, 0.2) is 24.3 Å². The van der Waals surface area contributed by atoms with Crippen molar-refractivity contribution in [1.82, 2.24) is 0 Å². The van der Waals surface area contributed by atoms with Crippen molar-refractivity contribution >= 4 is 0 Å². The van der Waals surface area contributed by atoms with E-state index in [1.807, 2.05) is 27.7 Å². The Hall–Kier alpha value is -1.03. The van der Waals surface area contributed by atoms with Crippen LogP contribution in [0, 0.1) is 0 Å². The predicted octanol–water partition coefficient (Wildman–Crippen LogP) is 5.34.